The van der Waals surface area contributed by atoms with Gasteiger partial charge in [0.25, 0.3) is 0 Å². The second-order valence-corrected chi connectivity index (χ2v) is 5.17. The van der Waals surface area contributed by atoms with E-state index >= 15 is 0 Å². The largest absolute Gasteiger partial charge is 0.394 e. The van der Waals surface area contributed by atoms with Gasteiger partial charge in [-0.1, -0.05) is 18.2 Å². The Morgan fingerprint density at radius 1 is 1.00 bits per heavy atom. The molecule has 0 radical (unpaired) electrons. The number of amides is 4. The van der Waals surface area contributed by atoms with Crippen LogP contribution in [0.2, 0.25) is 0 Å². The van der Waals surface area contributed by atoms with Gasteiger partial charge in [-0.25, -0.2) is 9.59 Å². The van der Waals surface area contributed by atoms with Gasteiger partial charge < -0.3 is 35.8 Å². The number of hydrogen-bond donors (Lipinski definition) is 7. The lowest BCUT2D eigenvalue weighted by atomic mass is 9.98. The van der Waals surface area contributed by atoms with E-state index in [4.69, 9.17) is 9.84 Å². The molecule has 1 aliphatic rings. The third-order valence-electron chi connectivity index (χ3n) is 3.42. The fourth-order valence-electron chi connectivity index (χ4n) is 2.17. The lowest BCUT2D eigenvalue weighted by molar-refractivity contribution is -0.233. The van der Waals surface area contributed by atoms with Gasteiger partial charge in [0.2, 0.25) is 0 Å². The van der Waals surface area contributed by atoms with Gasteiger partial charge in [-0.05, 0) is 12.1 Å². The monoisotopic (exact) mass is 341 g/mol. The lowest BCUT2D eigenvalue weighted by Gasteiger charge is -2.39. The molecule has 1 saturated heterocycles. The number of aliphatic hydroxyl groups excluding tert-OH is 4. The number of ether oxygens (including phenoxy) is 1. The van der Waals surface area contributed by atoms with Crippen LogP contribution in [0.5, 0.6) is 0 Å². The number of anilines is 1. The Morgan fingerprint density at radius 3 is 2.29 bits per heavy atom. The molecule has 7 N–H and O–H groups in total. The maximum absolute atomic E-state index is 11.8. The van der Waals surface area contributed by atoms with Gasteiger partial charge in [0.05, 0.1) is 6.61 Å². The quantitative estimate of drug-likeness (QED) is 0.345. The standard InChI is InChI=1S/C14H19N3O7/c18-6-8-9(19)10(20)11(21)12(24-8)16-14(23)17-13(22)15-7-4-2-1-3-5-7/h1-5,8-12,18-21H,6H2,(H3,15,16,17,22,23)/t8-,9-,10+,11-,12-/m1/s1. The maximum Gasteiger partial charge on any atom is 0.327 e. The predicted octanol–water partition coefficient (Wildman–Crippen LogP) is -1.68. The van der Waals surface area contributed by atoms with Crippen LogP contribution in [-0.2, 0) is 4.74 Å². The number of para-hydroxylation sites is 1. The maximum atomic E-state index is 11.8. The predicted molar refractivity (Wildman–Crippen MR) is 80.9 cm³/mol. The Hall–Kier alpha value is -2.24. The summed E-state index contributed by atoms with van der Waals surface area (Å²) >= 11 is 0. The van der Waals surface area contributed by atoms with Crippen molar-refractivity contribution in [3.05, 3.63) is 30.3 Å². The van der Waals surface area contributed by atoms with Crippen molar-refractivity contribution >= 4 is 17.7 Å². The minimum absolute atomic E-state index is 0.468. The number of hydrogen-bond acceptors (Lipinski definition) is 7. The van der Waals surface area contributed by atoms with E-state index in [1.165, 1.54) is 0 Å². The van der Waals surface area contributed by atoms with Crippen LogP contribution in [-0.4, -0.2) is 69.7 Å². The number of benzene rings is 1. The van der Waals surface area contributed by atoms with E-state index in [-0.39, 0.29) is 0 Å². The highest BCUT2D eigenvalue weighted by molar-refractivity contribution is 6.00. The molecule has 0 aliphatic carbocycles. The van der Waals surface area contributed by atoms with Crippen LogP contribution in [0.15, 0.2) is 30.3 Å². The van der Waals surface area contributed by atoms with Crippen LogP contribution in [0.4, 0.5) is 15.3 Å². The summed E-state index contributed by atoms with van der Waals surface area (Å²) in [6.45, 7) is -0.626. The van der Waals surface area contributed by atoms with Gasteiger partial charge in [-0.3, -0.25) is 5.32 Å². The first-order chi connectivity index (χ1) is 11.4. The number of urea groups is 2. The molecule has 24 heavy (non-hydrogen) atoms. The molecule has 1 fully saturated rings. The van der Waals surface area contributed by atoms with Crippen LogP contribution in [0.1, 0.15) is 0 Å². The molecule has 10 nitrogen and oxygen atoms in total. The minimum atomic E-state index is -1.63. The van der Waals surface area contributed by atoms with Crippen molar-refractivity contribution in [2.75, 3.05) is 11.9 Å². The average molecular weight is 341 g/mol. The van der Waals surface area contributed by atoms with Gasteiger partial charge in [0, 0.05) is 5.69 Å². The number of imide groups is 1. The molecule has 132 valence electrons. The Balaban J connectivity index is 1.88. The summed E-state index contributed by atoms with van der Waals surface area (Å²) in [5.74, 6) is 0. The third kappa shape index (κ3) is 4.40. The average Bonchev–Trinajstić information content (AvgIpc) is 2.56. The van der Waals surface area contributed by atoms with Crippen LogP contribution in [0, 0.1) is 0 Å². The zero-order valence-corrected chi connectivity index (χ0v) is 12.5. The molecule has 1 aromatic rings. The molecule has 1 heterocycles. The summed E-state index contributed by atoms with van der Waals surface area (Å²) in [7, 11) is 0. The van der Waals surface area contributed by atoms with Crippen molar-refractivity contribution < 1.29 is 34.8 Å². The topological polar surface area (TPSA) is 160 Å². The fourth-order valence-corrected chi connectivity index (χ4v) is 2.17. The van der Waals surface area contributed by atoms with E-state index in [2.05, 4.69) is 10.6 Å². The van der Waals surface area contributed by atoms with Gasteiger partial charge >= 0.3 is 12.1 Å². The highest BCUT2D eigenvalue weighted by Crippen LogP contribution is 2.19. The summed E-state index contributed by atoms with van der Waals surface area (Å²) in [4.78, 5) is 23.4. The lowest BCUT2D eigenvalue weighted by Crippen LogP contribution is -2.64. The molecule has 0 spiro atoms. The van der Waals surface area contributed by atoms with Gasteiger partial charge in [0.1, 0.15) is 24.4 Å². The molecular formula is C14H19N3O7. The molecule has 0 unspecified atom stereocenters. The smallest absolute Gasteiger partial charge is 0.327 e. The van der Waals surface area contributed by atoms with Gasteiger partial charge in [-0.15, -0.1) is 0 Å². The molecule has 5 atom stereocenters. The summed E-state index contributed by atoms with van der Waals surface area (Å²) in [6, 6.07) is 6.59. The van der Waals surface area contributed by atoms with Crippen LogP contribution in [0.3, 0.4) is 0 Å². The van der Waals surface area contributed by atoms with Crippen LogP contribution < -0.4 is 16.0 Å². The fraction of sp³-hybridized carbons (Fsp3) is 0.429. The second-order valence-electron chi connectivity index (χ2n) is 5.17. The Labute approximate surface area is 137 Å². The molecule has 1 aromatic carbocycles. The number of aliphatic hydroxyl groups is 4. The Morgan fingerprint density at radius 2 is 1.67 bits per heavy atom. The Kier molecular flexibility index (Phi) is 6.06. The third-order valence-corrected chi connectivity index (χ3v) is 3.42. The van der Waals surface area contributed by atoms with E-state index in [0.29, 0.717) is 5.69 Å². The Bertz CT molecular complexity index is 569. The van der Waals surface area contributed by atoms with Gasteiger partial charge in [-0.2, -0.15) is 0 Å². The van der Waals surface area contributed by atoms with E-state index in [9.17, 15) is 24.9 Å². The van der Waals surface area contributed by atoms with E-state index in [1.807, 2.05) is 5.32 Å². The van der Waals surface area contributed by atoms with Crippen LogP contribution in [0.25, 0.3) is 0 Å². The first-order valence-electron chi connectivity index (χ1n) is 7.16. The molecule has 2 rings (SSSR count). The van der Waals surface area contributed by atoms with Crippen molar-refractivity contribution in [3.63, 3.8) is 0 Å². The zero-order valence-electron chi connectivity index (χ0n) is 12.5. The van der Waals surface area contributed by atoms with Crippen molar-refractivity contribution in [2.45, 2.75) is 30.6 Å². The zero-order chi connectivity index (χ0) is 17.7. The van der Waals surface area contributed by atoms with E-state index < -0.39 is 49.3 Å². The summed E-state index contributed by atoms with van der Waals surface area (Å²) in [5.41, 5.74) is 0.468. The van der Waals surface area contributed by atoms with E-state index in [0.717, 1.165) is 0 Å². The first kappa shape index (κ1) is 18.1. The van der Waals surface area contributed by atoms with Gasteiger partial charge in [0.15, 0.2) is 6.23 Å². The molecule has 10 heteroatoms. The number of carbonyl (C=O) groups excluding carboxylic acids is 2. The minimum Gasteiger partial charge on any atom is -0.394 e. The number of rotatable bonds is 3. The second kappa shape index (κ2) is 8.04. The molecular weight excluding hydrogens is 322 g/mol. The highest BCUT2D eigenvalue weighted by atomic mass is 16.6. The summed E-state index contributed by atoms with van der Waals surface area (Å²) in [5, 5.41) is 44.6. The molecule has 0 saturated carbocycles. The molecule has 1 aliphatic heterocycles. The molecule has 0 bridgehead atoms. The SMILES string of the molecule is O=C(NC(=O)N[C@@H]1O[C@H](CO)[C@@H](O)[C@H](O)[C@H]1O)Nc1ccccc1. The number of nitrogens with one attached hydrogen (secondary N) is 3. The first-order valence-corrected chi connectivity index (χ1v) is 7.16. The molecule has 4 amide bonds. The van der Waals surface area contributed by atoms with Crippen molar-refractivity contribution in [2.24, 2.45) is 0 Å². The highest BCUT2D eigenvalue weighted by Gasteiger charge is 2.44. The normalized spacial score (nSPS) is 29.6. The molecule has 0 aromatic heterocycles. The summed E-state index contributed by atoms with van der Waals surface area (Å²) in [6.07, 6.45) is -7.37. The summed E-state index contributed by atoms with van der Waals surface area (Å²) < 4.78 is 5.09. The number of carbonyl (C=O) groups is 2. The van der Waals surface area contributed by atoms with Crippen molar-refractivity contribution in [1.82, 2.24) is 10.6 Å². The van der Waals surface area contributed by atoms with Crippen molar-refractivity contribution in [1.29, 1.82) is 0 Å². The van der Waals surface area contributed by atoms with Crippen LogP contribution >= 0.6 is 0 Å². The van der Waals surface area contributed by atoms with Crippen molar-refractivity contribution in [3.8, 4) is 0 Å². The van der Waals surface area contributed by atoms with E-state index in [1.54, 1.807) is 30.3 Å².